The molecule has 0 saturated heterocycles. The summed E-state index contributed by atoms with van der Waals surface area (Å²) < 4.78 is 9.68. The van der Waals surface area contributed by atoms with Crippen LogP contribution in [-0.2, 0) is 11.3 Å². The number of aromatic nitrogens is 1. The van der Waals surface area contributed by atoms with Gasteiger partial charge in [0.2, 0.25) is 5.89 Å². The predicted molar refractivity (Wildman–Crippen MR) is 92.6 cm³/mol. The number of benzene rings is 1. The van der Waals surface area contributed by atoms with Gasteiger partial charge in [-0.25, -0.2) is 9.78 Å². The van der Waals surface area contributed by atoms with Gasteiger partial charge in [0.15, 0.2) is 5.69 Å². The second-order valence-electron chi connectivity index (χ2n) is 5.90. The number of esters is 1. The molecular formula is C16H16N4O8. The Labute approximate surface area is 158 Å². The van der Waals surface area contributed by atoms with Crippen LogP contribution in [0.1, 0.15) is 40.6 Å². The van der Waals surface area contributed by atoms with Crippen molar-refractivity contribution in [2.75, 3.05) is 7.11 Å². The van der Waals surface area contributed by atoms with Crippen LogP contribution in [0.25, 0.3) is 0 Å². The van der Waals surface area contributed by atoms with E-state index in [1.165, 1.54) is 12.0 Å². The molecule has 0 aliphatic heterocycles. The summed E-state index contributed by atoms with van der Waals surface area (Å²) in [5.41, 5.74) is -1.47. The van der Waals surface area contributed by atoms with Gasteiger partial charge in [0.05, 0.1) is 35.1 Å². The number of nitrogens with zero attached hydrogens (tertiary/aromatic N) is 4. The molecule has 0 bridgehead atoms. The Hall–Kier alpha value is -3.83. The first-order valence-electron chi connectivity index (χ1n) is 7.91. The molecular weight excluding hydrogens is 376 g/mol. The lowest BCUT2D eigenvalue weighted by molar-refractivity contribution is -0.394. The highest BCUT2D eigenvalue weighted by atomic mass is 16.6. The molecule has 1 aromatic carbocycles. The Bertz CT molecular complexity index is 904. The fourth-order valence-electron chi connectivity index (χ4n) is 2.31. The fraction of sp³-hybridized carbons (Fsp3) is 0.312. The molecule has 148 valence electrons. The van der Waals surface area contributed by atoms with Crippen LogP contribution in [0.4, 0.5) is 11.4 Å². The second-order valence-corrected chi connectivity index (χ2v) is 5.90. The maximum absolute atomic E-state index is 12.9. The van der Waals surface area contributed by atoms with Gasteiger partial charge in [-0.15, -0.1) is 0 Å². The summed E-state index contributed by atoms with van der Waals surface area (Å²) in [6.07, 6.45) is 1.07. The zero-order chi connectivity index (χ0) is 21.0. The third-order valence-electron chi connectivity index (χ3n) is 3.71. The summed E-state index contributed by atoms with van der Waals surface area (Å²) >= 11 is 0. The third kappa shape index (κ3) is 4.47. The van der Waals surface area contributed by atoms with Gasteiger partial charge in [0, 0.05) is 18.2 Å². The standard InChI is InChI=1S/C16H16N4O8/c1-9(2)18(7-14-17-13(8-28-14)16(22)27-3)15(21)10-4-11(19(23)24)6-12(5-10)20(25)26/h4-6,8-9H,7H2,1-3H3. The van der Waals surface area contributed by atoms with Crippen LogP contribution >= 0.6 is 0 Å². The van der Waals surface area contributed by atoms with E-state index in [1.54, 1.807) is 13.8 Å². The van der Waals surface area contributed by atoms with Crippen molar-refractivity contribution in [3.05, 3.63) is 61.8 Å². The Kier molecular flexibility index (Phi) is 6.03. The minimum atomic E-state index is -0.819. The number of rotatable bonds is 7. The summed E-state index contributed by atoms with van der Waals surface area (Å²) in [6.45, 7) is 3.19. The van der Waals surface area contributed by atoms with E-state index in [2.05, 4.69) is 9.72 Å². The van der Waals surface area contributed by atoms with Crippen LogP contribution in [0.15, 0.2) is 28.9 Å². The monoisotopic (exact) mass is 392 g/mol. The number of methoxy groups -OCH3 is 1. The maximum atomic E-state index is 12.9. The maximum Gasteiger partial charge on any atom is 0.360 e. The number of amides is 1. The predicted octanol–water partition coefficient (Wildman–Crippen LogP) is 2.33. The summed E-state index contributed by atoms with van der Waals surface area (Å²) in [6, 6.07) is 2.28. The van der Waals surface area contributed by atoms with Crippen molar-refractivity contribution in [2.45, 2.75) is 26.4 Å². The number of carbonyl (C=O) groups is 2. The number of ether oxygens (including phenoxy) is 1. The van der Waals surface area contributed by atoms with Gasteiger partial charge in [0.25, 0.3) is 17.3 Å². The van der Waals surface area contributed by atoms with E-state index < -0.39 is 39.1 Å². The van der Waals surface area contributed by atoms with Crippen molar-refractivity contribution in [3.8, 4) is 0 Å². The van der Waals surface area contributed by atoms with E-state index in [0.717, 1.165) is 24.5 Å². The molecule has 0 saturated carbocycles. The Morgan fingerprint density at radius 3 is 2.21 bits per heavy atom. The van der Waals surface area contributed by atoms with E-state index in [-0.39, 0.29) is 23.7 Å². The molecule has 0 N–H and O–H groups in total. The number of oxazole rings is 1. The highest BCUT2D eigenvalue weighted by Crippen LogP contribution is 2.24. The SMILES string of the molecule is COC(=O)c1coc(CN(C(=O)c2cc([N+](=O)[O-])cc([N+](=O)[O-])c2)C(C)C)n1. The fourth-order valence-corrected chi connectivity index (χ4v) is 2.31. The van der Waals surface area contributed by atoms with Gasteiger partial charge in [-0.05, 0) is 13.8 Å². The number of hydrogen-bond donors (Lipinski definition) is 0. The Morgan fingerprint density at radius 2 is 1.75 bits per heavy atom. The van der Waals surface area contributed by atoms with Crippen molar-refractivity contribution in [1.82, 2.24) is 9.88 Å². The molecule has 0 fully saturated rings. The minimum Gasteiger partial charge on any atom is -0.464 e. The van der Waals surface area contributed by atoms with Gasteiger partial charge < -0.3 is 14.1 Å². The zero-order valence-corrected chi connectivity index (χ0v) is 15.1. The Morgan fingerprint density at radius 1 is 1.18 bits per heavy atom. The van der Waals surface area contributed by atoms with Crippen molar-refractivity contribution in [3.63, 3.8) is 0 Å². The molecule has 2 rings (SSSR count). The van der Waals surface area contributed by atoms with Gasteiger partial charge >= 0.3 is 5.97 Å². The molecule has 12 heteroatoms. The second kappa shape index (κ2) is 8.24. The van der Waals surface area contributed by atoms with E-state index in [1.807, 2.05) is 0 Å². The van der Waals surface area contributed by atoms with Crippen LogP contribution in [-0.4, -0.2) is 44.8 Å². The first-order valence-corrected chi connectivity index (χ1v) is 7.91. The molecule has 0 radical (unpaired) electrons. The highest BCUT2D eigenvalue weighted by Gasteiger charge is 2.26. The van der Waals surface area contributed by atoms with Gasteiger partial charge in [-0.3, -0.25) is 25.0 Å². The van der Waals surface area contributed by atoms with Crippen molar-refractivity contribution < 1.29 is 28.6 Å². The Balaban J connectivity index is 2.37. The molecule has 28 heavy (non-hydrogen) atoms. The van der Waals surface area contributed by atoms with Crippen LogP contribution in [0.2, 0.25) is 0 Å². The molecule has 1 heterocycles. The van der Waals surface area contributed by atoms with Crippen molar-refractivity contribution in [2.24, 2.45) is 0 Å². The van der Waals surface area contributed by atoms with Crippen LogP contribution in [0.3, 0.4) is 0 Å². The van der Waals surface area contributed by atoms with E-state index in [9.17, 15) is 29.8 Å². The number of carbonyl (C=O) groups excluding carboxylic acids is 2. The molecule has 0 aliphatic rings. The quantitative estimate of drug-likeness (QED) is 0.391. The summed E-state index contributed by atoms with van der Waals surface area (Å²) in [4.78, 5) is 49.9. The van der Waals surface area contributed by atoms with Crippen LogP contribution in [0, 0.1) is 20.2 Å². The molecule has 0 spiro atoms. The summed E-state index contributed by atoms with van der Waals surface area (Å²) in [5, 5.41) is 22.1. The highest BCUT2D eigenvalue weighted by molar-refractivity contribution is 5.95. The summed E-state index contributed by atoms with van der Waals surface area (Å²) in [7, 11) is 1.18. The molecule has 1 amide bonds. The lowest BCUT2D eigenvalue weighted by Crippen LogP contribution is -2.36. The first-order chi connectivity index (χ1) is 13.1. The molecule has 0 atom stereocenters. The lowest BCUT2D eigenvalue weighted by atomic mass is 10.1. The molecule has 2 aromatic rings. The molecule has 0 aliphatic carbocycles. The lowest BCUT2D eigenvalue weighted by Gasteiger charge is -2.25. The smallest absolute Gasteiger partial charge is 0.360 e. The van der Waals surface area contributed by atoms with E-state index in [0.29, 0.717) is 0 Å². The van der Waals surface area contributed by atoms with Crippen LogP contribution in [0.5, 0.6) is 0 Å². The number of hydrogen-bond acceptors (Lipinski definition) is 9. The molecule has 0 unspecified atom stereocenters. The number of nitro benzene ring substituents is 2. The topological polar surface area (TPSA) is 159 Å². The van der Waals surface area contributed by atoms with E-state index >= 15 is 0 Å². The molecule has 12 nitrogen and oxygen atoms in total. The van der Waals surface area contributed by atoms with Crippen LogP contribution < -0.4 is 0 Å². The minimum absolute atomic E-state index is 0.0300. The average molecular weight is 392 g/mol. The average Bonchev–Trinajstić information content (AvgIpc) is 3.12. The zero-order valence-electron chi connectivity index (χ0n) is 15.1. The van der Waals surface area contributed by atoms with Crippen molar-refractivity contribution >= 4 is 23.3 Å². The molecule has 1 aromatic heterocycles. The van der Waals surface area contributed by atoms with E-state index in [4.69, 9.17) is 4.42 Å². The largest absolute Gasteiger partial charge is 0.464 e. The van der Waals surface area contributed by atoms with Gasteiger partial charge in [-0.2, -0.15) is 0 Å². The van der Waals surface area contributed by atoms with Gasteiger partial charge in [-0.1, -0.05) is 0 Å². The number of nitro groups is 2. The first kappa shape index (κ1) is 20.5. The van der Waals surface area contributed by atoms with Gasteiger partial charge in [0.1, 0.15) is 6.26 Å². The third-order valence-corrected chi connectivity index (χ3v) is 3.71. The van der Waals surface area contributed by atoms with Crippen molar-refractivity contribution in [1.29, 1.82) is 0 Å². The number of non-ortho nitro benzene ring substituents is 2. The summed E-state index contributed by atoms with van der Waals surface area (Å²) in [5.74, 6) is -1.38. The normalized spacial score (nSPS) is 10.6.